The average Bonchev–Trinajstić information content (AvgIpc) is 2.59. The van der Waals surface area contributed by atoms with E-state index in [2.05, 4.69) is 23.5 Å². The van der Waals surface area contributed by atoms with Gasteiger partial charge >= 0.3 is 0 Å². The first-order chi connectivity index (χ1) is 7.19. The van der Waals surface area contributed by atoms with Gasteiger partial charge in [-0.25, -0.2) is 0 Å². The monoisotopic (exact) mass is 230 g/mol. The van der Waals surface area contributed by atoms with E-state index in [4.69, 9.17) is 9.47 Å². The Bertz CT molecular complexity index is 278. The van der Waals surface area contributed by atoms with Gasteiger partial charge in [-0.1, -0.05) is 13.8 Å². The Kier molecular flexibility index (Phi) is 4.84. The number of aromatic nitrogens is 1. The molecule has 0 aromatic carbocycles. The van der Waals surface area contributed by atoms with E-state index in [1.165, 1.54) is 11.5 Å². The second-order valence-electron chi connectivity index (χ2n) is 3.69. The maximum Gasteiger partial charge on any atom is 0.233 e. The topological polar surface area (TPSA) is 43.4 Å². The first kappa shape index (κ1) is 12.3. The molecule has 1 heterocycles. The molecule has 0 atom stereocenters. The lowest BCUT2D eigenvalue weighted by Crippen LogP contribution is -2.19. The van der Waals surface area contributed by atoms with Crippen LogP contribution in [0, 0.1) is 5.92 Å². The molecule has 0 aliphatic heterocycles. The molecule has 0 radical (unpaired) electrons. The molecule has 0 aliphatic carbocycles. The molecule has 0 amide bonds. The summed E-state index contributed by atoms with van der Waals surface area (Å²) in [4.78, 5) is 0. The van der Waals surface area contributed by atoms with Gasteiger partial charge in [0.1, 0.15) is 0 Å². The van der Waals surface area contributed by atoms with Crippen molar-refractivity contribution >= 4 is 11.5 Å². The molecule has 0 spiro atoms. The number of hydrogen-bond acceptors (Lipinski definition) is 5. The van der Waals surface area contributed by atoms with Crippen molar-refractivity contribution in [1.82, 2.24) is 9.69 Å². The minimum atomic E-state index is 0.633. The van der Waals surface area contributed by atoms with Crippen LogP contribution in [-0.2, 0) is 6.54 Å². The molecule has 4 nitrogen and oxygen atoms in total. The highest BCUT2D eigenvalue weighted by Crippen LogP contribution is 2.31. The highest BCUT2D eigenvalue weighted by molar-refractivity contribution is 7.08. The molecule has 5 heteroatoms. The van der Waals surface area contributed by atoms with E-state index in [1.54, 1.807) is 14.2 Å². The smallest absolute Gasteiger partial charge is 0.233 e. The van der Waals surface area contributed by atoms with Gasteiger partial charge in [0.2, 0.25) is 10.9 Å². The Labute approximate surface area is 94.8 Å². The van der Waals surface area contributed by atoms with Gasteiger partial charge < -0.3 is 14.8 Å². The molecular formula is C10H18N2O2S. The second kappa shape index (κ2) is 5.92. The van der Waals surface area contributed by atoms with Crippen LogP contribution in [0.5, 0.6) is 10.9 Å². The van der Waals surface area contributed by atoms with Crippen molar-refractivity contribution in [2.24, 2.45) is 5.92 Å². The van der Waals surface area contributed by atoms with Gasteiger partial charge in [0.05, 0.1) is 19.8 Å². The molecule has 1 aromatic heterocycles. The van der Waals surface area contributed by atoms with Crippen LogP contribution in [0.15, 0.2) is 0 Å². The van der Waals surface area contributed by atoms with Gasteiger partial charge in [-0.05, 0) is 12.5 Å². The standard InChI is InChI=1S/C10H18N2O2S/c1-7(2)5-11-6-8-9(13-3)12-15-10(8)14-4/h7,11H,5-6H2,1-4H3. The molecule has 0 aliphatic rings. The van der Waals surface area contributed by atoms with Crippen molar-refractivity contribution < 1.29 is 9.47 Å². The highest BCUT2D eigenvalue weighted by atomic mass is 32.1. The van der Waals surface area contributed by atoms with Crippen LogP contribution >= 0.6 is 11.5 Å². The largest absolute Gasteiger partial charge is 0.486 e. The third-order valence-corrected chi connectivity index (χ3v) is 2.79. The minimum absolute atomic E-state index is 0.633. The van der Waals surface area contributed by atoms with E-state index in [9.17, 15) is 0 Å². The maximum absolute atomic E-state index is 5.22. The molecule has 0 unspecified atom stereocenters. The van der Waals surface area contributed by atoms with E-state index >= 15 is 0 Å². The molecule has 1 aromatic rings. The summed E-state index contributed by atoms with van der Waals surface area (Å²) in [5.41, 5.74) is 1.01. The van der Waals surface area contributed by atoms with Gasteiger partial charge in [-0.2, -0.15) is 4.37 Å². The quantitative estimate of drug-likeness (QED) is 0.810. The van der Waals surface area contributed by atoms with Crippen molar-refractivity contribution in [3.63, 3.8) is 0 Å². The molecule has 0 fully saturated rings. The summed E-state index contributed by atoms with van der Waals surface area (Å²) in [5.74, 6) is 1.29. The average molecular weight is 230 g/mol. The summed E-state index contributed by atoms with van der Waals surface area (Å²) < 4.78 is 14.5. The summed E-state index contributed by atoms with van der Waals surface area (Å²) in [6.07, 6.45) is 0. The molecular weight excluding hydrogens is 212 g/mol. The van der Waals surface area contributed by atoms with Crippen LogP contribution in [0.1, 0.15) is 19.4 Å². The van der Waals surface area contributed by atoms with E-state index in [-0.39, 0.29) is 0 Å². The normalized spacial score (nSPS) is 10.7. The Balaban J connectivity index is 2.60. The lowest BCUT2D eigenvalue weighted by molar-refractivity contribution is 0.384. The van der Waals surface area contributed by atoms with E-state index < -0.39 is 0 Å². The molecule has 15 heavy (non-hydrogen) atoms. The van der Waals surface area contributed by atoms with E-state index in [0.717, 1.165) is 23.7 Å². The third kappa shape index (κ3) is 3.35. The van der Waals surface area contributed by atoms with Gasteiger partial charge in [0.25, 0.3) is 0 Å². The first-order valence-electron chi connectivity index (χ1n) is 4.96. The van der Waals surface area contributed by atoms with Crippen molar-refractivity contribution in [2.75, 3.05) is 20.8 Å². The zero-order valence-electron chi connectivity index (χ0n) is 9.66. The number of ether oxygens (including phenoxy) is 2. The van der Waals surface area contributed by atoms with Crippen LogP contribution in [0.25, 0.3) is 0 Å². The van der Waals surface area contributed by atoms with Gasteiger partial charge in [0, 0.05) is 18.1 Å². The molecule has 86 valence electrons. The third-order valence-electron chi connectivity index (χ3n) is 1.95. The highest BCUT2D eigenvalue weighted by Gasteiger charge is 2.14. The Morgan fingerprint density at radius 2 is 2.07 bits per heavy atom. The van der Waals surface area contributed by atoms with Crippen molar-refractivity contribution in [1.29, 1.82) is 0 Å². The lowest BCUT2D eigenvalue weighted by Gasteiger charge is -2.08. The predicted octanol–water partition coefficient (Wildman–Crippen LogP) is 1.91. The summed E-state index contributed by atoms with van der Waals surface area (Å²) in [7, 11) is 3.28. The van der Waals surface area contributed by atoms with Gasteiger partial charge in [-0.15, -0.1) is 0 Å². The minimum Gasteiger partial charge on any atom is -0.486 e. The molecule has 0 saturated heterocycles. The lowest BCUT2D eigenvalue weighted by atomic mass is 10.2. The Morgan fingerprint density at radius 3 is 2.60 bits per heavy atom. The van der Waals surface area contributed by atoms with Crippen molar-refractivity contribution in [2.45, 2.75) is 20.4 Å². The fourth-order valence-corrected chi connectivity index (χ4v) is 1.93. The van der Waals surface area contributed by atoms with Crippen molar-refractivity contribution in [3.8, 4) is 10.9 Å². The van der Waals surface area contributed by atoms with Crippen molar-refractivity contribution in [3.05, 3.63) is 5.56 Å². The summed E-state index contributed by atoms with van der Waals surface area (Å²) >= 11 is 1.32. The van der Waals surface area contributed by atoms with Crippen LogP contribution in [-0.4, -0.2) is 25.1 Å². The predicted molar refractivity (Wildman–Crippen MR) is 61.8 cm³/mol. The maximum atomic E-state index is 5.22. The van der Waals surface area contributed by atoms with Gasteiger partial charge in [0.15, 0.2) is 0 Å². The zero-order chi connectivity index (χ0) is 11.3. The second-order valence-corrected chi connectivity index (χ2v) is 4.42. The number of methoxy groups -OCH3 is 2. The number of nitrogens with zero attached hydrogens (tertiary/aromatic N) is 1. The van der Waals surface area contributed by atoms with Crippen LogP contribution in [0.2, 0.25) is 0 Å². The number of rotatable bonds is 6. The summed E-state index contributed by atoms with van der Waals surface area (Å²) in [6.45, 7) is 6.06. The van der Waals surface area contributed by atoms with E-state index in [1.807, 2.05) is 0 Å². The Morgan fingerprint density at radius 1 is 1.33 bits per heavy atom. The summed E-state index contributed by atoms with van der Waals surface area (Å²) in [5, 5.41) is 4.17. The molecule has 0 saturated carbocycles. The van der Waals surface area contributed by atoms with Crippen LogP contribution < -0.4 is 14.8 Å². The molecule has 1 N–H and O–H groups in total. The fourth-order valence-electron chi connectivity index (χ4n) is 1.23. The zero-order valence-corrected chi connectivity index (χ0v) is 10.5. The van der Waals surface area contributed by atoms with Crippen LogP contribution in [0.3, 0.4) is 0 Å². The number of nitrogens with one attached hydrogen (secondary N) is 1. The first-order valence-corrected chi connectivity index (χ1v) is 5.73. The number of hydrogen-bond donors (Lipinski definition) is 1. The molecule has 1 rings (SSSR count). The fraction of sp³-hybridized carbons (Fsp3) is 0.700. The summed E-state index contributed by atoms with van der Waals surface area (Å²) in [6, 6.07) is 0. The SMILES string of the molecule is COc1nsc(OC)c1CNCC(C)C. The van der Waals surface area contributed by atoms with E-state index in [0.29, 0.717) is 11.8 Å². The Hall–Kier alpha value is -0.810. The molecule has 0 bridgehead atoms. The van der Waals surface area contributed by atoms with Crippen LogP contribution in [0.4, 0.5) is 0 Å². The van der Waals surface area contributed by atoms with Gasteiger partial charge in [-0.3, -0.25) is 0 Å².